The summed E-state index contributed by atoms with van der Waals surface area (Å²) in [5.74, 6) is 0.743. The van der Waals surface area contributed by atoms with Crippen LogP contribution in [0.15, 0.2) is 24.3 Å². The summed E-state index contributed by atoms with van der Waals surface area (Å²) >= 11 is 0. The van der Waals surface area contributed by atoms with Crippen LogP contribution in [-0.4, -0.2) is 74.4 Å². The topological polar surface area (TPSA) is 42.0 Å². The Morgan fingerprint density at radius 2 is 1.81 bits per heavy atom. The van der Waals surface area contributed by atoms with E-state index in [1.165, 1.54) is 17.5 Å². The fraction of sp³-hybridized carbons (Fsp3) is 0.667. The second-order valence-corrected chi connectivity index (χ2v) is 7.97. The molecule has 2 atom stereocenters. The van der Waals surface area contributed by atoms with Gasteiger partial charge in [-0.1, -0.05) is 24.3 Å². The first-order chi connectivity index (χ1) is 12.7. The Balaban J connectivity index is 1.37. The number of methoxy groups -OCH3 is 1. The summed E-state index contributed by atoms with van der Waals surface area (Å²) in [4.78, 5) is 17.4. The Bertz CT molecular complexity index is 610. The van der Waals surface area contributed by atoms with E-state index in [2.05, 4.69) is 34.1 Å². The van der Waals surface area contributed by atoms with E-state index in [4.69, 9.17) is 9.47 Å². The predicted molar refractivity (Wildman–Crippen MR) is 100 cm³/mol. The molecule has 0 unspecified atom stereocenters. The number of piperidine rings is 1. The third-order valence-corrected chi connectivity index (χ3v) is 6.27. The van der Waals surface area contributed by atoms with Crippen LogP contribution in [0.5, 0.6) is 0 Å². The number of benzene rings is 1. The molecule has 0 spiro atoms. The average molecular weight is 358 g/mol. The maximum absolute atomic E-state index is 12.7. The second-order valence-electron chi connectivity index (χ2n) is 7.97. The molecule has 3 saturated heterocycles. The van der Waals surface area contributed by atoms with Crippen LogP contribution in [0.2, 0.25) is 0 Å². The highest BCUT2D eigenvalue weighted by atomic mass is 16.5. The summed E-state index contributed by atoms with van der Waals surface area (Å²) in [7, 11) is 1.65. The number of nitrogens with zero attached hydrogens (tertiary/aromatic N) is 2. The first kappa shape index (κ1) is 18.0. The zero-order valence-electron chi connectivity index (χ0n) is 15.7. The van der Waals surface area contributed by atoms with Crippen LogP contribution in [0.1, 0.15) is 24.0 Å². The molecule has 3 fully saturated rings. The van der Waals surface area contributed by atoms with Crippen LogP contribution in [-0.2, 0) is 27.1 Å². The molecule has 1 aromatic carbocycles. The standard InChI is InChI=1S/C21H30N2O3/c1-25-8-9-26-15-21(24)23-13-16-6-7-19(23)14-22(12-16)20-10-17-4-2-3-5-18(17)11-20/h2-5,16,19-20H,6-15H2,1H3/t16-,19+/m1/s1. The van der Waals surface area contributed by atoms with E-state index in [-0.39, 0.29) is 12.5 Å². The zero-order chi connectivity index (χ0) is 17.9. The van der Waals surface area contributed by atoms with Crippen LogP contribution in [0, 0.1) is 5.92 Å². The fourth-order valence-corrected chi connectivity index (χ4v) is 4.90. The molecule has 5 rings (SSSR count). The number of rotatable bonds is 6. The minimum Gasteiger partial charge on any atom is -0.382 e. The zero-order valence-corrected chi connectivity index (χ0v) is 15.7. The average Bonchev–Trinajstić information content (AvgIpc) is 2.88. The lowest BCUT2D eigenvalue weighted by atomic mass is 9.95. The van der Waals surface area contributed by atoms with Gasteiger partial charge in [0.1, 0.15) is 6.61 Å². The highest BCUT2D eigenvalue weighted by molar-refractivity contribution is 5.78. The van der Waals surface area contributed by atoms with Gasteiger partial charge in [-0.05, 0) is 42.7 Å². The predicted octanol–water partition coefficient (Wildman–Crippen LogP) is 1.74. The van der Waals surface area contributed by atoms with Crippen LogP contribution in [0.4, 0.5) is 0 Å². The van der Waals surface area contributed by atoms with Gasteiger partial charge in [-0.3, -0.25) is 9.69 Å². The van der Waals surface area contributed by atoms with Crippen molar-refractivity contribution in [1.82, 2.24) is 9.80 Å². The van der Waals surface area contributed by atoms with E-state index in [1.54, 1.807) is 7.11 Å². The quantitative estimate of drug-likeness (QED) is 0.727. The highest BCUT2D eigenvalue weighted by Crippen LogP contribution is 2.33. The van der Waals surface area contributed by atoms with Gasteiger partial charge in [-0.15, -0.1) is 0 Å². The summed E-state index contributed by atoms with van der Waals surface area (Å²) in [6, 6.07) is 9.79. The minimum absolute atomic E-state index is 0.146. The summed E-state index contributed by atoms with van der Waals surface area (Å²) < 4.78 is 10.5. The van der Waals surface area contributed by atoms with E-state index in [9.17, 15) is 4.79 Å². The van der Waals surface area contributed by atoms with Crippen molar-refractivity contribution in [3.05, 3.63) is 35.4 Å². The van der Waals surface area contributed by atoms with Crippen molar-refractivity contribution in [2.24, 2.45) is 5.92 Å². The van der Waals surface area contributed by atoms with Crippen molar-refractivity contribution < 1.29 is 14.3 Å². The number of amides is 1. The lowest BCUT2D eigenvalue weighted by Crippen LogP contribution is -2.49. The molecule has 0 N–H and O–H groups in total. The molecular formula is C21H30N2O3. The second kappa shape index (κ2) is 8.07. The van der Waals surface area contributed by atoms with Crippen molar-refractivity contribution in [1.29, 1.82) is 0 Å². The molecule has 26 heavy (non-hydrogen) atoms. The van der Waals surface area contributed by atoms with Crippen LogP contribution >= 0.6 is 0 Å². The molecule has 1 amide bonds. The van der Waals surface area contributed by atoms with Gasteiger partial charge in [-0.2, -0.15) is 0 Å². The molecule has 5 nitrogen and oxygen atoms in total. The Morgan fingerprint density at radius 1 is 1.04 bits per heavy atom. The fourth-order valence-electron chi connectivity index (χ4n) is 4.90. The molecule has 0 saturated carbocycles. The Labute approximate surface area is 156 Å². The minimum atomic E-state index is 0.146. The number of fused-ring (bicyclic) bond motifs is 5. The molecule has 2 bridgehead atoms. The smallest absolute Gasteiger partial charge is 0.248 e. The van der Waals surface area contributed by atoms with Gasteiger partial charge in [0.05, 0.1) is 13.2 Å². The van der Waals surface area contributed by atoms with Crippen molar-refractivity contribution in [3.8, 4) is 0 Å². The number of ether oxygens (including phenoxy) is 2. The van der Waals surface area contributed by atoms with Gasteiger partial charge in [0.15, 0.2) is 0 Å². The third-order valence-electron chi connectivity index (χ3n) is 6.27. The van der Waals surface area contributed by atoms with E-state index in [0.717, 1.165) is 38.9 Å². The Hall–Kier alpha value is -1.43. The highest BCUT2D eigenvalue weighted by Gasteiger charge is 2.40. The maximum atomic E-state index is 12.7. The summed E-state index contributed by atoms with van der Waals surface area (Å²) in [5, 5.41) is 0. The molecule has 1 aliphatic carbocycles. The molecule has 1 aromatic rings. The van der Waals surface area contributed by atoms with E-state index in [0.29, 0.717) is 31.2 Å². The normalized spacial score (nSPS) is 26.1. The van der Waals surface area contributed by atoms with E-state index in [1.807, 2.05) is 0 Å². The van der Waals surface area contributed by atoms with Crippen molar-refractivity contribution in [2.75, 3.05) is 46.6 Å². The summed E-state index contributed by atoms with van der Waals surface area (Å²) in [6.45, 7) is 4.24. The van der Waals surface area contributed by atoms with E-state index < -0.39 is 0 Å². The number of hydrogen-bond donors (Lipinski definition) is 0. The molecule has 0 aromatic heterocycles. The SMILES string of the molecule is COCCOCC(=O)N1C[C@@H]2CC[C@H]1CN(C1Cc3ccccc3C1)C2. The maximum Gasteiger partial charge on any atom is 0.248 e. The van der Waals surface area contributed by atoms with Crippen molar-refractivity contribution >= 4 is 5.91 Å². The first-order valence-electron chi connectivity index (χ1n) is 9.91. The lowest BCUT2D eigenvalue weighted by molar-refractivity contribution is -0.140. The molecule has 5 heteroatoms. The Kier molecular flexibility index (Phi) is 5.57. The largest absolute Gasteiger partial charge is 0.382 e. The van der Waals surface area contributed by atoms with Crippen LogP contribution < -0.4 is 0 Å². The van der Waals surface area contributed by atoms with E-state index >= 15 is 0 Å². The molecule has 142 valence electrons. The van der Waals surface area contributed by atoms with Gasteiger partial charge in [0.2, 0.25) is 5.91 Å². The Morgan fingerprint density at radius 3 is 2.54 bits per heavy atom. The molecule has 0 radical (unpaired) electrons. The van der Waals surface area contributed by atoms with Crippen molar-refractivity contribution in [3.63, 3.8) is 0 Å². The molecular weight excluding hydrogens is 328 g/mol. The summed E-state index contributed by atoms with van der Waals surface area (Å²) in [6.07, 6.45) is 4.69. The van der Waals surface area contributed by atoms with Gasteiger partial charge in [0, 0.05) is 38.8 Å². The number of carbonyl (C=O) groups excluding carboxylic acids is 1. The monoisotopic (exact) mass is 358 g/mol. The number of hydrogen-bond acceptors (Lipinski definition) is 4. The van der Waals surface area contributed by atoms with Crippen molar-refractivity contribution in [2.45, 2.75) is 37.8 Å². The van der Waals surface area contributed by atoms with Gasteiger partial charge in [-0.25, -0.2) is 0 Å². The third kappa shape index (κ3) is 3.80. The molecule has 3 aliphatic heterocycles. The summed E-state index contributed by atoms with van der Waals surface area (Å²) in [5.41, 5.74) is 3.02. The van der Waals surface area contributed by atoms with Crippen LogP contribution in [0.25, 0.3) is 0 Å². The number of carbonyl (C=O) groups is 1. The first-order valence-corrected chi connectivity index (χ1v) is 9.91. The molecule has 3 heterocycles. The van der Waals surface area contributed by atoms with Gasteiger partial charge in [0.25, 0.3) is 0 Å². The lowest BCUT2D eigenvalue weighted by Gasteiger charge is -2.36. The van der Waals surface area contributed by atoms with Gasteiger partial charge < -0.3 is 14.4 Å². The van der Waals surface area contributed by atoms with Crippen LogP contribution in [0.3, 0.4) is 0 Å². The van der Waals surface area contributed by atoms with Gasteiger partial charge >= 0.3 is 0 Å². The molecule has 4 aliphatic rings.